The minimum atomic E-state index is -4.96. The Morgan fingerprint density at radius 1 is 0.273 bits per heavy atom. The molecule has 0 bridgehead atoms. The first-order valence-corrected chi connectivity index (χ1v) is 44.5. The molecule has 0 heterocycles. The molecule has 0 radical (unpaired) electrons. The molecule has 0 aromatic rings. The third-order valence-corrected chi connectivity index (χ3v) is 20.6. The van der Waals surface area contributed by atoms with Gasteiger partial charge in [-0.1, -0.05) is 369 Å². The van der Waals surface area contributed by atoms with Crippen molar-refractivity contribution in [1.29, 1.82) is 0 Å². The van der Waals surface area contributed by atoms with Crippen molar-refractivity contribution in [2.24, 2.45) is 11.8 Å². The second-order valence-electron chi connectivity index (χ2n) is 29.8. The fourth-order valence-electron chi connectivity index (χ4n) is 12.4. The molecule has 2 unspecified atom stereocenters. The van der Waals surface area contributed by atoms with Crippen molar-refractivity contribution in [1.82, 2.24) is 0 Å². The molecule has 0 aromatic carbocycles. The average Bonchev–Trinajstić information content (AvgIpc) is 1.05. The SMILES string of the molecule is CCCCCCCCCCCCCCCCCCCCC(=O)OC[C@H](COP(=O)(O)OC[C@@H](O)COP(=O)(O)OC[C@@H](COC(=O)CCCCCCCCCCCC)OC(=O)CCCCCCCCCC(C)C)OC(=O)CCCCCCCCCCCCCCCCCCCCC(C)C. The van der Waals surface area contributed by atoms with Crippen LogP contribution in [0.25, 0.3) is 0 Å². The van der Waals surface area contributed by atoms with Gasteiger partial charge in [0.1, 0.15) is 19.3 Å². The van der Waals surface area contributed by atoms with Crippen molar-refractivity contribution in [2.45, 2.75) is 439 Å². The summed E-state index contributed by atoms with van der Waals surface area (Å²) in [4.78, 5) is 72.9. The van der Waals surface area contributed by atoms with Gasteiger partial charge < -0.3 is 33.8 Å². The summed E-state index contributed by atoms with van der Waals surface area (Å²) in [7, 11) is -9.91. The van der Waals surface area contributed by atoms with Gasteiger partial charge in [0.05, 0.1) is 26.4 Å². The van der Waals surface area contributed by atoms with E-state index in [1.807, 2.05) is 0 Å². The molecule has 0 saturated carbocycles. The normalized spacial score (nSPS) is 13.9. The summed E-state index contributed by atoms with van der Waals surface area (Å²) in [5.74, 6) is -0.597. The molecular formula is C80H156O17P2. The van der Waals surface area contributed by atoms with E-state index in [2.05, 4.69) is 41.5 Å². The highest BCUT2D eigenvalue weighted by molar-refractivity contribution is 7.47. The lowest BCUT2D eigenvalue weighted by molar-refractivity contribution is -0.161. The monoisotopic (exact) mass is 1450 g/mol. The van der Waals surface area contributed by atoms with Gasteiger partial charge in [0, 0.05) is 25.7 Å². The molecule has 19 heteroatoms. The molecule has 0 rings (SSSR count). The van der Waals surface area contributed by atoms with E-state index in [9.17, 15) is 43.2 Å². The van der Waals surface area contributed by atoms with Crippen molar-refractivity contribution in [3.63, 3.8) is 0 Å². The van der Waals surface area contributed by atoms with Gasteiger partial charge in [-0.3, -0.25) is 37.3 Å². The zero-order chi connectivity index (χ0) is 72.8. The van der Waals surface area contributed by atoms with E-state index in [0.29, 0.717) is 31.6 Å². The molecule has 5 atom stereocenters. The molecule has 0 aromatic heterocycles. The smallest absolute Gasteiger partial charge is 0.462 e. The molecular weight excluding hydrogens is 1290 g/mol. The molecule has 0 aliphatic carbocycles. The molecule has 0 aliphatic rings. The van der Waals surface area contributed by atoms with Gasteiger partial charge in [-0.15, -0.1) is 0 Å². The van der Waals surface area contributed by atoms with Gasteiger partial charge in [-0.25, -0.2) is 9.13 Å². The maximum absolute atomic E-state index is 13.1. The van der Waals surface area contributed by atoms with E-state index in [1.165, 1.54) is 238 Å². The molecule has 0 spiro atoms. The second kappa shape index (κ2) is 71.7. The van der Waals surface area contributed by atoms with Crippen LogP contribution in [0, 0.1) is 11.8 Å². The first-order valence-electron chi connectivity index (χ1n) is 41.5. The van der Waals surface area contributed by atoms with Crippen molar-refractivity contribution in [3.05, 3.63) is 0 Å². The lowest BCUT2D eigenvalue weighted by Crippen LogP contribution is -2.30. The molecule has 17 nitrogen and oxygen atoms in total. The Morgan fingerprint density at radius 2 is 0.465 bits per heavy atom. The van der Waals surface area contributed by atoms with E-state index in [1.54, 1.807) is 0 Å². The molecule has 0 saturated heterocycles. The predicted molar refractivity (Wildman–Crippen MR) is 405 cm³/mol. The topological polar surface area (TPSA) is 237 Å². The number of esters is 4. The van der Waals surface area contributed by atoms with Crippen molar-refractivity contribution in [2.75, 3.05) is 39.6 Å². The number of carbonyl (C=O) groups is 4. The highest BCUT2D eigenvalue weighted by atomic mass is 31.2. The second-order valence-corrected chi connectivity index (χ2v) is 32.7. The van der Waals surface area contributed by atoms with Crippen LogP contribution in [-0.4, -0.2) is 96.7 Å². The number of aliphatic hydroxyl groups excluding tert-OH is 1. The van der Waals surface area contributed by atoms with Crippen LogP contribution in [0.5, 0.6) is 0 Å². The molecule has 588 valence electrons. The summed E-state index contributed by atoms with van der Waals surface area (Å²) in [5, 5.41) is 10.6. The third-order valence-electron chi connectivity index (χ3n) is 18.7. The summed E-state index contributed by atoms with van der Waals surface area (Å²) in [5.41, 5.74) is 0. The number of hydrogen-bond donors (Lipinski definition) is 3. The van der Waals surface area contributed by atoms with Crippen molar-refractivity contribution in [3.8, 4) is 0 Å². The van der Waals surface area contributed by atoms with Crippen LogP contribution in [-0.2, 0) is 65.4 Å². The Hall–Kier alpha value is -1.94. The number of phosphoric acid groups is 2. The minimum absolute atomic E-state index is 0.104. The van der Waals surface area contributed by atoms with E-state index in [0.717, 1.165) is 95.8 Å². The van der Waals surface area contributed by atoms with Gasteiger partial charge in [0.2, 0.25) is 0 Å². The lowest BCUT2D eigenvalue weighted by atomic mass is 10.0. The number of ether oxygens (including phenoxy) is 4. The number of unbranched alkanes of at least 4 members (excludes halogenated alkanes) is 49. The van der Waals surface area contributed by atoms with E-state index < -0.39 is 97.5 Å². The molecule has 99 heavy (non-hydrogen) atoms. The summed E-state index contributed by atoms with van der Waals surface area (Å²) in [6.45, 7) is 9.59. The zero-order valence-corrected chi connectivity index (χ0v) is 66.6. The number of aliphatic hydroxyl groups is 1. The number of rotatable bonds is 79. The summed E-state index contributed by atoms with van der Waals surface area (Å²) >= 11 is 0. The summed E-state index contributed by atoms with van der Waals surface area (Å²) in [6.07, 6.45) is 61.3. The molecule has 0 amide bonds. The minimum Gasteiger partial charge on any atom is -0.462 e. The first kappa shape index (κ1) is 97.1. The zero-order valence-electron chi connectivity index (χ0n) is 64.8. The van der Waals surface area contributed by atoms with Gasteiger partial charge in [-0.05, 0) is 37.5 Å². The quantitative estimate of drug-likeness (QED) is 0.0222. The molecule has 3 N–H and O–H groups in total. The average molecular weight is 1450 g/mol. The Bertz CT molecular complexity index is 1910. The van der Waals surface area contributed by atoms with Crippen LogP contribution >= 0.6 is 15.6 Å². The van der Waals surface area contributed by atoms with Crippen LogP contribution in [0.1, 0.15) is 420 Å². The Kier molecular flexibility index (Phi) is 70.3. The third kappa shape index (κ3) is 74.1. The first-order chi connectivity index (χ1) is 47.9. The number of hydrogen-bond acceptors (Lipinski definition) is 15. The van der Waals surface area contributed by atoms with Gasteiger partial charge in [0.15, 0.2) is 12.2 Å². The largest absolute Gasteiger partial charge is 0.472 e. The highest BCUT2D eigenvalue weighted by Gasteiger charge is 2.30. The molecule has 0 fully saturated rings. The Balaban J connectivity index is 5.19. The lowest BCUT2D eigenvalue weighted by Gasteiger charge is -2.21. The van der Waals surface area contributed by atoms with Gasteiger partial charge >= 0.3 is 39.5 Å². The van der Waals surface area contributed by atoms with E-state index >= 15 is 0 Å². The van der Waals surface area contributed by atoms with Crippen LogP contribution in [0.3, 0.4) is 0 Å². The van der Waals surface area contributed by atoms with E-state index in [4.69, 9.17) is 37.0 Å². The number of phosphoric ester groups is 2. The molecule has 0 aliphatic heterocycles. The van der Waals surface area contributed by atoms with Crippen LogP contribution in [0.2, 0.25) is 0 Å². The van der Waals surface area contributed by atoms with Gasteiger partial charge in [0.25, 0.3) is 0 Å². The van der Waals surface area contributed by atoms with Crippen molar-refractivity contribution >= 4 is 39.5 Å². The number of carbonyl (C=O) groups excluding carboxylic acids is 4. The van der Waals surface area contributed by atoms with Crippen LogP contribution < -0.4 is 0 Å². The fraction of sp³-hybridized carbons (Fsp3) is 0.950. The maximum atomic E-state index is 13.1. The maximum Gasteiger partial charge on any atom is 0.472 e. The fourth-order valence-corrected chi connectivity index (χ4v) is 13.9. The predicted octanol–water partition coefficient (Wildman–Crippen LogP) is 23.9. The Labute approximate surface area is 607 Å². The van der Waals surface area contributed by atoms with Crippen LogP contribution in [0.4, 0.5) is 0 Å². The summed E-state index contributed by atoms with van der Waals surface area (Å²) in [6, 6.07) is 0. The van der Waals surface area contributed by atoms with Gasteiger partial charge in [-0.2, -0.15) is 0 Å². The van der Waals surface area contributed by atoms with E-state index in [-0.39, 0.29) is 25.7 Å². The Morgan fingerprint density at radius 3 is 0.687 bits per heavy atom. The van der Waals surface area contributed by atoms with Crippen LogP contribution in [0.15, 0.2) is 0 Å². The standard InChI is InChI=1S/C80H156O17P2/c1-7-9-11-13-15-17-19-20-21-22-26-29-32-35-39-45-51-57-63-78(83)91-68-75(96-79(84)64-58-52-46-40-36-33-30-27-24-23-25-28-31-34-37-42-48-54-60-72(3)4)70-94-98(86,87)92-66-74(81)67-93-99(88,89)95-71-76(97-80(85)65-59-53-47-41-43-49-55-61-73(5)6)69-90-77(82)62-56-50-44-38-18-16-14-12-10-8-2/h72-76,81H,7-71H2,1-6H3,(H,86,87)(H,88,89)/t74-,75-,76-/m1/s1. The highest BCUT2D eigenvalue weighted by Crippen LogP contribution is 2.45. The summed E-state index contributed by atoms with van der Waals surface area (Å²) < 4.78 is 68.6. The van der Waals surface area contributed by atoms with Crippen molar-refractivity contribution < 1.29 is 80.2 Å².